The van der Waals surface area contributed by atoms with Gasteiger partial charge in [-0.2, -0.15) is 4.98 Å². The number of hydrogen-bond acceptors (Lipinski definition) is 5. The minimum atomic E-state index is -0.0986. The second-order valence-corrected chi connectivity index (χ2v) is 5.57. The Morgan fingerprint density at radius 1 is 1.24 bits per heavy atom. The van der Waals surface area contributed by atoms with Crippen LogP contribution >= 0.6 is 23.2 Å². The first kappa shape index (κ1) is 14.4. The van der Waals surface area contributed by atoms with Crippen LogP contribution in [-0.4, -0.2) is 29.7 Å². The number of benzene rings is 1. The minimum Gasteiger partial charge on any atom is -0.384 e. The number of ether oxygens (including phenoxy) is 1. The average Bonchev–Trinajstić information content (AvgIpc) is 2.50. The van der Waals surface area contributed by atoms with E-state index in [0.29, 0.717) is 35.0 Å². The van der Waals surface area contributed by atoms with Crippen LogP contribution in [0.25, 0.3) is 0 Å². The average molecular weight is 325 g/mol. The second-order valence-electron chi connectivity index (χ2n) is 4.76. The van der Waals surface area contributed by atoms with Crippen LogP contribution in [0.15, 0.2) is 30.5 Å². The van der Waals surface area contributed by atoms with E-state index in [9.17, 15) is 0 Å². The molecule has 2 N–H and O–H groups in total. The van der Waals surface area contributed by atoms with E-state index in [4.69, 9.17) is 33.7 Å². The van der Waals surface area contributed by atoms with E-state index in [-0.39, 0.29) is 6.10 Å². The SMILES string of the molecule is Nc1ccnc(N2CCO[C@@H](c3ccc(Cl)c(Cl)c3)C2)n1. The van der Waals surface area contributed by atoms with Gasteiger partial charge in [0.15, 0.2) is 0 Å². The van der Waals surface area contributed by atoms with Crippen molar-refractivity contribution in [3.05, 3.63) is 46.1 Å². The molecule has 0 amide bonds. The number of nitrogens with zero attached hydrogens (tertiary/aromatic N) is 3. The van der Waals surface area contributed by atoms with Crippen molar-refractivity contribution in [1.82, 2.24) is 9.97 Å². The monoisotopic (exact) mass is 324 g/mol. The van der Waals surface area contributed by atoms with E-state index in [2.05, 4.69) is 9.97 Å². The van der Waals surface area contributed by atoms with Crippen molar-refractivity contribution < 1.29 is 4.74 Å². The molecule has 1 aliphatic rings. The quantitative estimate of drug-likeness (QED) is 0.920. The molecule has 2 heterocycles. The molecule has 5 nitrogen and oxygen atoms in total. The molecule has 0 spiro atoms. The van der Waals surface area contributed by atoms with Crippen LogP contribution < -0.4 is 10.6 Å². The topological polar surface area (TPSA) is 64.3 Å². The van der Waals surface area contributed by atoms with Gasteiger partial charge < -0.3 is 15.4 Å². The first-order valence-electron chi connectivity index (χ1n) is 6.53. The maximum atomic E-state index is 6.06. The highest BCUT2D eigenvalue weighted by atomic mass is 35.5. The first-order valence-corrected chi connectivity index (χ1v) is 7.29. The molecule has 110 valence electrons. The van der Waals surface area contributed by atoms with Gasteiger partial charge in [0.2, 0.25) is 5.95 Å². The van der Waals surface area contributed by atoms with E-state index < -0.39 is 0 Å². The number of halogens is 2. The van der Waals surface area contributed by atoms with Gasteiger partial charge in [-0.05, 0) is 23.8 Å². The third kappa shape index (κ3) is 3.20. The highest BCUT2D eigenvalue weighted by molar-refractivity contribution is 6.42. The normalized spacial score (nSPS) is 18.8. The fraction of sp³-hybridized carbons (Fsp3) is 0.286. The Morgan fingerprint density at radius 2 is 2.10 bits per heavy atom. The van der Waals surface area contributed by atoms with Crippen molar-refractivity contribution in [2.75, 3.05) is 30.3 Å². The molecule has 1 aromatic carbocycles. The number of nitrogens with two attached hydrogens (primary N) is 1. The van der Waals surface area contributed by atoms with Crippen LogP contribution in [0.4, 0.5) is 11.8 Å². The molecule has 2 aromatic rings. The summed E-state index contributed by atoms with van der Waals surface area (Å²) >= 11 is 12.0. The lowest BCUT2D eigenvalue weighted by molar-refractivity contribution is 0.0392. The largest absolute Gasteiger partial charge is 0.384 e. The van der Waals surface area contributed by atoms with Gasteiger partial charge in [0.25, 0.3) is 0 Å². The van der Waals surface area contributed by atoms with Crippen LogP contribution in [0.1, 0.15) is 11.7 Å². The maximum Gasteiger partial charge on any atom is 0.227 e. The van der Waals surface area contributed by atoms with E-state index in [1.54, 1.807) is 18.3 Å². The molecule has 0 aliphatic carbocycles. The maximum absolute atomic E-state index is 6.06. The molecular weight excluding hydrogens is 311 g/mol. The number of aromatic nitrogens is 2. The zero-order valence-electron chi connectivity index (χ0n) is 11.2. The van der Waals surface area contributed by atoms with E-state index in [0.717, 1.165) is 12.1 Å². The molecule has 1 atom stereocenters. The molecule has 3 rings (SSSR count). The smallest absolute Gasteiger partial charge is 0.227 e. The Balaban J connectivity index is 1.80. The molecule has 0 unspecified atom stereocenters. The van der Waals surface area contributed by atoms with Gasteiger partial charge in [-0.25, -0.2) is 4.98 Å². The van der Waals surface area contributed by atoms with Crippen LogP contribution in [0, 0.1) is 0 Å². The lowest BCUT2D eigenvalue weighted by Crippen LogP contribution is -2.39. The molecule has 1 fully saturated rings. The predicted octanol–water partition coefficient (Wildman–Crippen LogP) is 2.94. The van der Waals surface area contributed by atoms with Gasteiger partial charge in [0.05, 0.1) is 23.2 Å². The summed E-state index contributed by atoms with van der Waals surface area (Å²) in [4.78, 5) is 10.6. The Hall–Kier alpha value is -1.56. The number of nitrogen functional groups attached to an aromatic ring is 1. The lowest BCUT2D eigenvalue weighted by atomic mass is 10.1. The second kappa shape index (κ2) is 6.05. The molecule has 1 aliphatic heterocycles. The molecule has 1 saturated heterocycles. The third-order valence-corrected chi connectivity index (χ3v) is 4.07. The van der Waals surface area contributed by atoms with Crippen LogP contribution in [0.5, 0.6) is 0 Å². The van der Waals surface area contributed by atoms with Crippen molar-refractivity contribution in [3.8, 4) is 0 Å². The summed E-state index contributed by atoms with van der Waals surface area (Å²) in [5.74, 6) is 1.07. The number of hydrogen-bond donors (Lipinski definition) is 1. The highest BCUT2D eigenvalue weighted by Crippen LogP contribution is 2.29. The van der Waals surface area contributed by atoms with Gasteiger partial charge in [-0.15, -0.1) is 0 Å². The van der Waals surface area contributed by atoms with Gasteiger partial charge in [0.1, 0.15) is 11.9 Å². The van der Waals surface area contributed by atoms with Crippen molar-refractivity contribution in [3.63, 3.8) is 0 Å². The summed E-state index contributed by atoms with van der Waals surface area (Å²) < 4.78 is 5.81. The Bertz CT molecular complexity index is 653. The Labute approximate surface area is 132 Å². The van der Waals surface area contributed by atoms with Gasteiger partial charge in [-0.1, -0.05) is 29.3 Å². The molecule has 0 radical (unpaired) electrons. The lowest BCUT2D eigenvalue weighted by Gasteiger charge is -2.33. The van der Waals surface area contributed by atoms with Gasteiger partial charge >= 0.3 is 0 Å². The molecule has 21 heavy (non-hydrogen) atoms. The molecule has 0 bridgehead atoms. The van der Waals surface area contributed by atoms with E-state index >= 15 is 0 Å². The summed E-state index contributed by atoms with van der Waals surface area (Å²) in [6.45, 7) is 1.95. The van der Waals surface area contributed by atoms with Crippen molar-refractivity contribution in [2.45, 2.75) is 6.10 Å². The third-order valence-electron chi connectivity index (χ3n) is 3.33. The Kier molecular flexibility index (Phi) is 4.14. The van der Waals surface area contributed by atoms with Gasteiger partial charge in [-0.3, -0.25) is 0 Å². The summed E-state index contributed by atoms with van der Waals surface area (Å²) in [5, 5.41) is 1.06. The zero-order valence-corrected chi connectivity index (χ0v) is 12.7. The van der Waals surface area contributed by atoms with Crippen molar-refractivity contribution >= 4 is 35.0 Å². The fourth-order valence-corrected chi connectivity index (χ4v) is 2.57. The predicted molar refractivity (Wildman–Crippen MR) is 83.8 cm³/mol. The number of rotatable bonds is 2. The first-order chi connectivity index (χ1) is 10.1. The zero-order chi connectivity index (χ0) is 14.8. The van der Waals surface area contributed by atoms with Crippen molar-refractivity contribution in [1.29, 1.82) is 0 Å². The standard InChI is InChI=1S/C14H14Cl2N4O/c15-10-2-1-9(7-11(10)16)12-8-20(5-6-21-12)14-18-4-3-13(17)19-14/h1-4,7,12H,5-6,8H2,(H2,17,18,19)/t12-/m1/s1. The van der Waals surface area contributed by atoms with Crippen LogP contribution in [-0.2, 0) is 4.74 Å². The van der Waals surface area contributed by atoms with E-state index in [1.807, 2.05) is 17.0 Å². The fourth-order valence-electron chi connectivity index (χ4n) is 2.26. The van der Waals surface area contributed by atoms with E-state index in [1.165, 1.54) is 0 Å². The molecular formula is C14H14Cl2N4O. The van der Waals surface area contributed by atoms with Gasteiger partial charge in [0, 0.05) is 12.7 Å². The number of anilines is 2. The van der Waals surface area contributed by atoms with Crippen LogP contribution in [0.2, 0.25) is 10.0 Å². The summed E-state index contributed by atoms with van der Waals surface area (Å²) in [5.41, 5.74) is 6.69. The number of morpholine rings is 1. The summed E-state index contributed by atoms with van der Waals surface area (Å²) in [6.07, 6.45) is 1.56. The minimum absolute atomic E-state index is 0.0986. The Morgan fingerprint density at radius 3 is 2.86 bits per heavy atom. The summed E-state index contributed by atoms with van der Waals surface area (Å²) in [7, 11) is 0. The van der Waals surface area contributed by atoms with Crippen LogP contribution in [0.3, 0.4) is 0 Å². The summed E-state index contributed by atoms with van der Waals surface area (Å²) in [6, 6.07) is 7.19. The molecule has 1 aromatic heterocycles. The molecule has 7 heteroatoms. The highest BCUT2D eigenvalue weighted by Gasteiger charge is 2.24. The molecule has 0 saturated carbocycles. The van der Waals surface area contributed by atoms with Crippen molar-refractivity contribution in [2.24, 2.45) is 0 Å².